The van der Waals surface area contributed by atoms with Crippen LogP contribution in [0.1, 0.15) is 5.56 Å². The van der Waals surface area contributed by atoms with Gasteiger partial charge in [-0.1, -0.05) is 30.3 Å². The molecule has 1 aromatic rings. The lowest BCUT2D eigenvalue weighted by molar-refractivity contribution is -0.682. The van der Waals surface area contributed by atoms with Gasteiger partial charge in [-0.2, -0.15) is 0 Å². The van der Waals surface area contributed by atoms with Crippen LogP contribution in [-0.2, 0) is 6.54 Å². The van der Waals surface area contributed by atoms with Crippen LogP contribution in [0, 0.1) is 0 Å². The zero-order chi connectivity index (χ0) is 8.81. The number of aliphatic hydroxyl groups excluding tert-OH is 1. The highest BCUT2D eigenvalue weighted by Gasteiger charge is 1.99. The van der Waals surface area contributed by atoms with Gasteiger partial charge < -0.3 is 15.5 Å². The summed E-state index contributed by atoms with van der Waals surface area (Å²) < 4.78 is 0. The third-order valence-corrected chi connectivity index (χ3v) is 1.60. The van der Waals surface area contributed by atoms with Gasteiger partial charge in [-0.05, 0) is 0 Å². The minimum atomic E-state index is -1.21. The van der Waals surface area contributed by atoms with Crippen molar-refractivity contribution in [2.24, 2.45) is 0 Å². The van der Waals surface area contributed by atoms with E-state index in [-0.39, 0.29) is 0 Å². The van der Waals surface area contributed by atoms with Gasteiger partial charge in [0, 0.05) is 5.56 Å². The third-order valence-electron chi connectivity index (χ3n) is 1.60. The molecule has 0 radical (unpaired) electrons. The van der Waals surface area contributed by atoms with Crippen LogP contribution >= 0.6 is 0 Å². The van der Waals surface area contributed by atoms with Crippen molar-refractivity contribution in [1.29, 1.82) is 0 Å². The van der Waals surface area contributed by atoms with Gasteiger partial charge in [0.15, 0.2) is 0 Å². The molecule has 0 aromatic heterocycles. The van der Waals surface area contributed by atoms with Crippen molar-refractivity contribution in [2.75, 3.05) is 6.54 Å². The van der Waals surface area contributed by atoms with E-state index in [0.29, 0.717) is 6.54 Å². The molecule has 66 valence electrons. The van der Waals surface area contributed by atoms with Gasteiger partial charge in [-0.15, -0.1) is 0 Å². The van der Waals surface area contributed by atoms with Crippen molar-refractivity contribution in [2.45, 2.75) is 12.8 Å². The third kappa shape index (κ3) is 3.48. The van der Waals surface area contributed by atoms with Crippen molar-refractivity contribution in [3.63, 3.8) is 0 Å². The molecule has 0 saturated heterocycles. The van der Waals surface area contributed by atoms with Gasteiger partial charge in [0.05, 0.1) is 0 Å². The summed E-state index contributed by atoms with van der Waals surface area (Å²) in [6.07, 6.45) is -1.21. The van der Waals surface area contributed by atoms with E-state index in [0.717, 1.165) is 6.54 Å². The molecule has 0 aliphatic carbocycles. The predicted molar refractivity (Wildman–Crippen MR) is 45.2 cm³/mol. The van der Waals surface area contributed by atoms with E-state index in [1.165, 1.54) is 5.56 Å². The number of rotatable bonds is 4. The number of hydrogen-bond donors (Lipinski definition) is 3. The smallest absolute Gasteiger partial charge is 0.202 e. The molecular weight excluding hydrogens is 154 g/mol. The predicted octanol–water partition coefficient (Wildman–Crippen LogP) is -0.939. The van der Waals surface area contributed by atoms with Crippen molar-refractivity contribution in [1.82, 2.24) is 0 Å². The zero-order valence-corrected chi connectivity index (χ0v) is 6.85. The zero-order valence-electron chi connectivity index (χ0n) is 6.85. The van der Waals surface area contributed by atoms with Crippen LogP contribution in [0.2, 0.25) is 0 Å². The van der Waals surface area contributed by atoms with Crippen LogP contribution in [0.4, 0.5) is 0 Å². The Kier molecular flexibility index (Phi) is 3.73. The van der Waals surface area contributed by atoms with Crippen LogP contribution in [0.15, 0.2) is 30.3 Å². The Labute approximate surface area is 71.7 Å². The molecule has 0 unspecified atom stereocenters. The SMILES string of the molecule is OC(O)C[NH2+]Cc1ccccc1. The lowest BCUT2D eigenvalue weighted by Gasteiger charge is -2.02. The summed E-state index contributed by atoms with van der Waals surface area (Å²) in [7, 11) is 0. The summed E-state index contributed by atoms with van der Waals surface area (Å²) in [4.78, 5) is 0. The molecule has 0 saturated carbocycles. The molecule has 0 heterocycles. The summed E-state index contributed by atoms with van der Waals surface area (Å²) in [5.41, 5.74) is 1.19. The first-order chi connectivity index (χ1) is 5.79. The number of aliphatic hydroxyl groups is 2. The average molecular weight is 168 g/mol. The fourth-order valence-electron chi connectivity index (χ4n) is 1.01. The molecule has 0 spiro atoms. The summed E-state index contributed by atoms with van der Waals surface area (Å²) in [6, 6.07) is 9.93. The standard InChI is InChI=1S/C9H13NO2/c11-9(12)7-10-6-8-4-2-1-3-5-8/h1-5,9-12H,6-7H2/p+1. The normalized spacial score (nSPS) is 10.6. The average Bonchev–Trinajstić information content (AvgIpc) is 2.05. The van der Waals surface area contributed by atoms with E-state index in [9.17, 15) is 0 Å². The highest BCUT2D eigenvalue weighted by Crippen LogP contribution is 1.94. The lowest BCUT2D eigenvalue weighted by Crippen LogP contribution is -2.84. The van der Waals surface area contributed by atoms with Crippen molar-refractivity contribution in [3.05, 3.63) is 35.9 Å². The minimum Gasteiger partial charge on any atom is -0.364 e. The van der Waals surface area contributed by atoms with Crippen LogP contribution in [-0.4, -0.2) is 23.0 Å². The second kappa shape index (κ2) is 4.87. The van der Waals surface area contributed by atoms with Crippen molar-refractivity contribution >= 4 is 0 Å². The van der Waals surface area contributed by atoms with Crippen LogP contribution in [0.3, 0.4) is 0 Å². The molecule has 1 aromatic carbocycles. The molecule has 1 rings (SSSR count). The van der Waals surface area contributed by atoms with E-state index in [4.69, 9.17) is 10.2 Å². The molecule has 0 bridgehead atoms. The second-order valence-corrected chi connectivity index (χ2v) is 2.69. The molecule has 12 heavy (non-hydrogen) atoms. The van der Waals surface area contributed by atoms with Crippen LogP contribution in [0.25, 0.3) is 0 Å². The monoisotopic (exact) mass is 168 g/mol. The molecule has 3 nitrogen and oxygen atoms in total. The first-order valence-electron chi connectivity index (χ1n) is 4.01. The molecule has 0 amide bonds. The Morgan fingerprint density at radius 1 is 1.17 bits per heavy atom. The van der Waals surface area contributed by atoms with Gasteiger partial charge in [0.25, 0.3) is 0 Å². The van der Waals surface area contributed by atoms with Gasteiger partial charge in [0.2, 0.25) is 6.29 Å². The Bertz CT molecular complexity index is 211. The maximum absolute atomic E-state index is 8.55. The quantitative estimate of drug-likeness (QED) is 0.508. The molecule has 0 atom stereocenters. The number of hydrogen-bond acceptors (Lipinski definition) is 2. The first kappa shape index (κ1) is 9.19. The first-order valence-corrected chi connectivity index (χ1v) is 4.01. The molecule has 4 N–H and O–H groups in total. The molecule has 0 aliphatic rings. The summed E-state index contributed by atoms with van der Waals surface area (Å²) in [5, 5.41) is 19.0. The lowest BCUT2D eigenvalue weighted by atomic mass is 10.2. The molecule has 3 heteroatoms. The largest absolute Gasteiger partial charge is 0.364 e. The molecule has 0 fully saturated rings. The maximum atomic E-state index is 8.55. The summed E-state index contributed by atoms with van der Waals surface area (Å²) >= 11 is 0. The number of nitrogens with two attached hydrogens (primary N) is 1. The van der Waals surface area contributed by atoms with Crippen LogP contribution < -0.4 is 5.32 Å². The van der Waals surface area contributed by atoms with Gasteiger partial charge in [-0.3, -0.25) is 0 Å². The van der Waals surface area contributed by atoms with E-state index in [1.54, 1.807) is 0 Å². The number of benzene rings is 1. The Balaban J connectivity index is 2.25. The molecule has 0 aliphatic heterocycles. The fourth-order valence-corrected chi connectivity index (χ4v) is 1.01. The van der Waals surface area contributed by atoms with E-state index in [2.05, 4.69) is 0 Å². The van der Waals surface area contributed by atoms with E-state index >= 15 is 0 Å². The Hall–Kier alpha value is -0.900. The van der Waals surface area contributed by atoms with Crippen molar-refractivity contribution < 1.29 is 15.5 Å². The van der Waals surface area contributed by atoms with Crippen molar-refractivity contribution in [3.8, 4) is 0 Å². The van der Waals surface area contributed by atoms with Gasteiger partial charge in [0.1, 0.15) is 13.1 Å². The van der Waals surface area contributed by atoms with Gasteiger partial charge in [-0.25, -0.2) is 0 Å². The highest BCUT2D eigenvalue weighted by atomic mass is 16.5. The topological polar surface area (TPSA) is 57.1 Å². The second-order valence-electron chi connectivity index (χ2n) is 2.69. The minimum absolute atomic E-state index is 0.328. The van der Waals surface area contributed by atoms with Gasteiger partial charge >= 0.3 is 0 Å². The molecular formula is C9H14NO2+. The highest BCUT2D eigenvalue weighted by molar-refractivity contribution is 5.12. The maximum Gasteiger partial charge on any atom is 0.202 e. The van der Waals surface area contributed by atoms with Crippen LogP contribution in [0.5, 0.6) is 0 Å². The summed E-state index contributed by atoms with van der Waals surface area (Å²) in [6.45, 7) is 1.12. The Morgan fingerprint density at radius 3 is 2.42 bits per heavy atom. The van der Waals surface area contributed by atoms with E-state index < -0.39 is 6.29 Å². The number of quaternary nitrogens is 1. The Morgan fingerprint density at radius 2 is 1.83 bits per heavy atom. The summed E-state index contributed by atoms with van der Waals surface area (Å²) in [5.74, 6) is 0. The fraction of sp³-hybridized carbons (Fsp3) is 0.333. The van der Waals surface area contributed by atoms with E-state index in [1.807, 2.05) is 35.6 Å².